The van der Waals surface area contributed by atoms with Crippen molar-refractivity contribution >= 4 is 20.3 Å². The summed E-state index contributed by atoms with van der Waals surface area (Å²) in [6.45, 7) is 11.5. The minimum atomic E-state index is -5.52. The molecule has 1 atom stereocenters. The van der Waals surface area contributed by atoms with E-state index < -0.39 is 60.8 Å². The van der Waals surface area contributed by atoms with Crippen LogP contribution >= 0.6 is 0 Å². The Morgan fingerprint density at radius 2 is 1.45 bits per heavy atom. The van der Waals surface area contributed by atoms with Gasteiger partial charge in [-0.25, -0.2) is 9.59 Å². The molecule has 1 unspecified atom stereocenters. The molecule has 31 heavy (non-hydrogen) atoms. The fraction of sp³-hybridized carbons (Fsp3) is 0.474. The summed E-state index contributed by atoms with van der Waals surface area (Å²) in [7, 11) is -2.71. The Morgan fingerprint density at radius 3 is 1.90 bits per heavy atom. The SMILES string of the molecule is C=C(OC(OC(=O)C(F)(F)F)c1ccccc1C(=O)O[Si](C)(C)C(C)(C)C)C(F)(F)F. The third-order valence-corrected chi connectivity index (χ3v) is 8.91. The van der Waals surface area contributed by atoms with Crippen LogP contribution in [0, 0.1) is 0 Å². The Bertz CT molecular complexity index is 811. The first kappa shape index (κ1) is 26.5. The van der Waals surface area contributed by atoms with Crippen molar-refractivity contribution in [3.05, 3.63) is 47.7 Å². The number of rotatable bonds is 6. The maximum atomic E-state index is 12.8. The van der Waals surface area contributed by atoms with Crippen LogP contribution in [0.25, 0.3) is 0 Å². The molecule has 0 N–H and O–H groups in total. The van der Waals surface area contributed by atoms with Gasteiger partial charge < -0.3 is 13.9 Å². The first-order valence-electron chi connectivity index (χ1n) is 8.80. The summed E-state index contributed by atoms with van der Waals surface area (Å²) in [5, 5.41) is -0.430. The number of ether oxygens (including phenoxy) is 2. The van der Waals surface area contributed by atoms with Gasteiger partial charge in [0.1, 0.15) is 0 Å². The second kappa shape index (κ2) is 8.93. The Kier molecular flexibility index (Phi) is 7.64. The van der Waals surface area contributed by atoms with Crippen molar-refractivity contribution in [1.82, 2.24) is 0 Å². The van der Waals surface area contributed by atoms with Gasteiger partial charge in [0.25, 0.3) is 14.6 Å². The van der Waals surface area contributed by atoms with Gasteiger partial charge in [0.15, 0.2) is 5.76 Å². The zero-order chi connectivity index (χ0) is 24.4. The van der Waals surface area contributed by atoms with Gasteiger partial charge in [-0.2, -0.15) is 26.3 Å². The van der Waals surface area contributed by atoms with Crippen molar-refractivity contribution < 1.29 is 49.8 Å². The van der Waals surface area contributed by atoms with Gasteiger partial charge in [-0.15, -0.1) is 0 Å². The molecule has 0 amide bonds. The molecule has 5 nitrogen and oxygen atoms in total. The number of halogens is 6. The van der Waals surface area contributed by atoms with E-state index in [0.717, 1.165) is 12.1 Å². The molecule has 0 saturated carbocycles. The zero-order valence-electron chi connectivity index (χ0n) is 17.4. The average molecular weight is 472 g/mol. The van der Waals surface area contributed by atoms with Crippen LogP contribution in [0.3, 0.4) is 0 Å². The van der Waals surface area contributed by atoms with Crippen molar-refractivity contribution in [1.29, 1.82) is 0 Å². The van der Waals surface area contributed by atoms with Gasteiger partial charge in [0.2, 0.25) is 0 Å². The zero-order valence-corrected chi connectivity index (χ0v) is 18.4. The highest BCUT2D eigenvalue weighted by Gasteiger charge is 2.46. The molecular weight excluding hydrogens is 450 g/mol. The summed E-state index contributed by atoms with van der Waals surface area (Å²) in [5.74, 6) is -5.73. The number of alkyl halides is 6. The molecule has 1 aromatic rings. The summed E-state index contributed by atoms with van der Waals surface area (Å²) in [4.78, 5) is 24.0. The van der Waals surface area contributed by atoms with E-state index in [1.807, 2.05) is 20.8 Å². The molecular formula is C19H22F6O5Si. The molecule has 12 heteroatoms. The molecule has 0 aliphatic carbocycles. The summed E-state index contributed by atoms with van der Waals surface area (Å²) < 4.78 is 90.5. The number of esters is 1. The summed E-state index contributed by atoms with van der Waals surface area (Å²) in [6.07, 6.45) is -13.2. The van der Waals surface area contributed by atoms with Crippen LogP contribution in [0.5, 0.6) is 0 Å². The third kappa shape index (κ3) is 7.01. The van der Waals surface area contributed by atoms with E-state index in [1.165, 1.54) is 12.1 Å². The first-order valence-corrected chi connectivity index (χ1v) is 11.7. The standard InChI is InChI=1S/C19H22F6O5Si/c1-11(18(20,21)22)28-15(29-16(27)19(23,24)25)13-10-8-7-9-12(13)14(26)30-31(5,6)17(2,3)4/h7-10,15H,1H2,2-6H3. The van der Waals surface area contributed by atoms with E-state index in [9.17, 15) is 35.9 Å². The number of hydrogen-bond donors (Lipinski definition) is 0. The maximum Gasteiger partial charge on any atom is 0.491 e. The van der Waals surface area contributed by atoms with Crippen LogP contribution in [-0.4, -0.2) is 32.6 Å². The smallest absolute Gasteiger partial charge is 0.491 e. The minimum Gasteiger partial charge on any atom is -0.516 e. The molecule has 0 radical (unpaired) electrons. The Morgan fingerprint density at radius 1 is 0.935 bits per heavy atom. The molecule has 0 spiro atoms. The van der Waals surface area contributed by atoms with Crippen LogP contribution in [0.1, 0.15) is 43.0 Å². The second-order valence-electron chi connectivity index (χ2n) is 8.01. The van der Waals surface area contributed by atoms with Gasteiger partial charge in [-0.05, 0) is 24.2 Å². The highest BCUT2D eigenvalue weighted by atomic mass is 28.4. The first-order chi connectivity index (χ1) is 13.8. The highest BCUT2D eigenvalue weighted by molar-refractivity contribution is 6.75. The quantitative estimate of drug-likeness (QED) is 0.166. The van der Waals surface area contributed by atoms with Crippen molar-refractivity contribution in [3.63, 3.8) is 0 Å². The van der Waals surface area contributed by atoms with Gasteiger partial charge in [-0.1, -0.05) is 45.5 Å². The lowest BCUT2D eigenvalue weighted by molar-refractivity contribution is -0.232. The summed E-state index contributed by atoms with van der Waals surface area (Å²) >= 11 is 0. The number of allylic oxidation sites excluding steroid dienone is 1. The van der Waals surface area contributed by atoms with Crippen LogP contribution in [-0.2, 0) is 18.7 Å². The fourth-order valence-corrected chi connectivity index (χ4v) is 2.72. The van der Waals surface area contributed by atoms with E-state index in [4.69, 9.17) is 4.43 Å². The Labute approximate surface area is 176 Å². The molecule has 0 fully saturated rings. The van der Waals surface area contributed by atoms with E-state index >= 15 is 0 Å². The van der Waals surface area contributed by atoms with Crippen molar-refractivity contribution in [3.8, 4) is 0 Å². The molecule has 0 saturated heterocycles. The lowest BCUT2D eigenvalue weighted by Gasteiger charge is -2.35. The molecule has 174 valence electrons. The number of hydrogen-bond acceptors (Lipinski definition) is 5. The van der Waals surface area contributed by atoms with Crippen molar-refractivity contribution in [2.45, 2.75) is 57.5 Å². The lowest BCUT2D eigenvalue weighted by atomic mass is 10.1. The van der Waals surface area contributed by atoms with E-state index in [-0.39, 0.29) is 0 Å². The third-order valence-electron chi connectivity index (χ3n) is 4.60. The molecule has 0 aliphatic rings. The summed E-state index contributed by atoms with van der Waals surface area (Å²) in [6, 6.07) is 4.62. The molecule has 0 bridgehead atoms. The van der Waals surface area contributed by atoms with Gasteiger partial charge in [-0.3, -0.25) is 0 Å². The highest BCUT2D eigenvalue weighted by Crippen LogP contribution is 2.38. The predicted octanol–water partition coefficient (Wildman–Crippen LogP) is 6.05. The van der Waals surface area contributed by atoms with Crippen LogP contribution in [0.2, 0.25) is 18.1 Å². The normalized spacial score (nSPS) is 13.9. The largest absolute Gasteiger partial charge is 0.516 e. The molecule has 0 aromatic heterocycles. The summed E-state index contributed by atoms with van der Waals surface area (Å²) in [5.41, 5.74) is -0.975. The lowest BCUT2D eigenvalue weighted by Crippen LogP contribution is -2.42. The van der Waals surface area contributed by atoms with E-state index in [2.05, 4.69) is 16.1 Å². The van der Waals surface area contributed by atoms with E-state index in [1.54, 1.807) is 13.1 Å². The van der Waals surface area contributed by atoms with E-state index in [0.29, 0.717) is 0 Å². The predicted molar refractivity (Wildman–Crippen MR) is 100 cm³/mol. The van der Waals surface area contributed by atoms with Gasteiger partial charge >= 0.3 is 24.3 Å². The van der Waals surface area contributed by atoms with Gasteiger partial charge in [0, 0.05) is 5.56 Å². The molecule has 0 heterocycles. The van der Waals surface area contributed by atoms with Gasteiger partial charge in [0.05, 0.1) is 5.56 Å². The van der Waals surface area contributed by atoms with Crippen LogP contribution in [0.4, 0.5) is 26.3 Å². The van der Waals surface area contributed by atoms with Crippen LogP contribution < -0.4 is 0 Å². The fourth-order valence-electron chi connectivity index (χ4n) is 1.84. The number of carbonyl (C=O) groups is 2. The van der Waals surface area contributed by atoms with Crippen LogP contribution in [0.15, 0.2) is 36.6 Å². The molecule has 1 aromatic carbocycles. The minimum absolute atomic E-state index is 0.415. The topological polar surface area (TPSA) is 61.8 Å². The number of carbonyl (C=O) groups excluding carboxylic acids is 2. The Balaban J connectivity index is 3.41. The average Bonchev–Trinajstić information content (AvgIpc) is 2.57. The molecule has 1 rings (SSSR count). The Hall–Kier alpha value is -2.50. The molecule has 0 aliphatic heterocycles. The number of benzene rings is 1. The second-order valence-corrected chi connectivity index (χ2v) is 12.7. The van der Waals surface area contributed by atoms with Crippen molar-refractivity contribution in [2.24, 2.45) is 0 Å². The van der Waals surface area contributed by atoms with Crippen molar-refractivity contribution in [2.75, 3.05) is 0 Å². The monoisotopic (exact) mass is 472 g/mol. The maximum absolute atomic E-state index is 12.8.